The molecule has 132 valence electrons. The van der Waals surface area contributed by atoms with Crippen LogP contribution in [0, 0.1) is 0 Å². The van der Waals surface area contributed by atoms with Crippen LogP contribution in [0.15, 0.2) is 114 Å². The molecule has 0 unspecified atom stereocenters. The van der Waals surface area contributed by atoms with Crippen molar-refractivity contribution in [1.29, 1.82) is 0 Å². The first-order valence-corrected chi connectivity index (χ1v) is 11.2. The first kappa shape index (κ1) is 18.2. The van der Waals surface area contributed by atoms with Crippen LogP contribution in [0.1, 0.15) is 11.1 Å². The van der Waals surface area contributed by atoms with Crippen LogP contribution in [-0.2, 0) is 6.42 Å². The zero-order valence-corrected chi connectivity index (χ0v) is 17.4. The molecule has 0 radical (unpaired) electrons. The average molecular weight is 431 g/mol. The van der Waals surface area contributed by atoms with Crippen molar-refractivity contribution in [3.63, 3.8) is 0 Å². The molecule has 4 aromatic carbocycles. The van der Waals surface area contributed by atoms with Crippen molar-refractivity contribution in [3.8, 4) is 0 Å². The highest BCUT2D eigenvalue weighted by Gasteiger charge is 2.17. The van der Waals surface area contributed by atoms with E-state index >= 15 is 0 Å². The minimum atomic E-state index is -0.583. The number of benzene rings is 4. The number of halogens is 1. The highest BCUT2D eigenvalue weighted by molar-refractivity contribution is 9.10. The maximum atomic E-state index is 3.75. The summed E-state index contributed by atoms with van der Waals surface area (Å²) in [6.45, 7) is 0. The summed E-state index contributed by atoms with van der Waals surface area (Å²) in [5.74, 6) is 0. The molecule has 2 heteroatoms. The Bertz CT molecular complexity index is 959. The first-order valence-electron chi connectivity index (χ1n) is 9.03. The molecule has 4 aromatic rings. The lowest BCUT2D eigenvalue weighted by Crippen LogP contribution is -2.21. The monoisotopic (exact) mass is 430 g/mol. The van der Waals surface area contributed by atoms with Crippen molar-refractivity contribution < 1.29 is 0 Å². The molecule has 0 bridgehead atoms. The Hall–Kier alpha value is -2.21. The van der Waals surface area contributed by atoms with Crippen LogP contribution in [0.2, 0.25) is 0 Å². The van der Waals surface area contributed by atoms with Gasteiger partial charge in [-0.15, -0.1) is 0 Å². The Kier molecular flexibility index (Phi) is 5.82. The molecule has 0 saturated carbocycles. The standard InChI is InChI=1S/C25H20BrP/c26-22-17-21(16-20-10-4-1-5-11-20)18-25(19-22)27(23-12-6-2-7-13-23)24-14-8-3-9-15-24/h1-15,17-19H,16H2. The molecule has 0 saturated heterocycles. The maximum Gasteiger partial charge on any atom is 0.0184 e. The molecule has 0 heterocycles. The Labute approximate surface area is 170 Å². The first-order chi connectivity index (χ1) is 13.3. The Morgan fingerprint density at radius 2 is 1.04 bits per heavy atom. The summed E-state index contributed by atoms with van der Waals surface area (Å²) in [4.78, 5) is 0. The summed E-state index contributed by atoms with van der Waals surface area (Å²) in [6, 6.07) is 39.3. The predicted octanol–water partition coefficient (Wildman–Crippen LogP) is 5.80. The Morgan fingerprint density at radius 1 is 0.519 bits per heavy atom. The van der Waals surface area contributed by atoms with Crippen molar-refractivity contribution in [2.45, 2.75) is 6.42 Å². The van der Waals surface area contributed by atoms with E-state index < -0.39 is 7.92 Å². The molecular weight excluding hydrogens is 411 g/mol. The fourth-order valence-corrected chi connectivity index (χ4v) is 6.41. The molecule has 27 heavy (non-hydrogen) atoms. The molecule has 4 rings (SSSR count). The molecule has 0 spiro atoms. The van der Waals surface area contributed by atoms with Gasteiger partial charge in [-0.1, -0.05) is 113 Å². The van der Waals surface area contributed by atoms with Gasteiger partial charge in [0.2, 0.25) is 0 Å². The highest BCUT2D eigenvalue weighted by atomic mass is 79.9. The van der Waals surface area contributed by atoms with Gasteiger partial charge in [0.15, 0.2) is 0 Å². The second kappa shape index (κ2) is 8.65. The van der Waals surface area contributed by atoms with Gasteiger partial charge in [-0.3, -0.25) is 0 Å². The molecule has 0 atom stereocenters. The summed E-state index contributed by atoms with van der Waals surface area (Å²) in [7, 11) is -0.583. The summed E-state index contributed by atoms with van der Waals surface area (Å²) in [5, 5.41) is 4.13. The van der Waals surface area contributed by atoms with Crippen LogP contribution >= 0.6 is 23.9 Å². The fourth-order valence-electron chi connectivity index (χ4n) is 3.30. The summed E-state index contributed by atoms with van der Waals surface area (Å²) < 4.78 is 1.14. The fraction of sp³-hybridized carbons (Fsp3) is 0.0400. The van der Waals surface area contributed by atoms with E-state index in [2.05, 4.69) is 125 Å². The van der Waals surface area contributed by atoms with Crippen molar-refractivity contribution in [2.75, 3.05) is 0 Å². The molecule has 0 aliphatic carbocycles. The van der Waals surface area contributed by atoms with Crippen LogP contribution in [-0.4, -0.2) is 0 Å². The average Bonchev–Trinajstić information content (AvgIpc) is 2.70. The van der Waals surface area contributed by atoms with Crippen LogP contribution < -0.4 is 15.9 Å². The lowest BCUT2D eigenvalue weighted by atomic mass is 10.1. The third-order valence-electron chi connectivity index (χ3n) is 4.48. The summed E-state index contributed by atoms with van der Waals surface area (Å²) >= 11 is 3.75. The van der Waals surface area contributed by atoms with Crippen LogP contribution in [0.5, 0.6) is 0 Å². The molecule has 0 fully saturated rings. The van der Waals surface area contributed by atoms with Gasteiger partial charge in [-0.2, -0.15) is 0 Å². The number of rotatable bonds is 5. The van der Waals surface area contributed by atoms with Gasteiger partial charge in [0, 0.05) is 4.47 Å². The van der Waals surface area contributed by atoms with E-state index in [1.54, 1.807) is 0 Å². The number of hydrogen-bond donors (Lipinski definition) is 0. The minimum absolute atomic E-state index is 0.583. The van der Waals surface area contributed by atoms with E-state index in [1.165, 1.54) is 27.0 Å². The number of hydrogen-bond acceptors (Lipinski definition) is 0. The van der Waals surface area contributed by atoms with E-state index in [1.807, 2.05) is 0 Å². The molecule has 0 N–H and O–H groups in total. The van der Waals surface area contributed by atoms with Crippen molar-refractivity contribution in [1.82, 2.24) is 0 Å². The second-order valence-electron chi connectivity index (χ2n) is 6.49. The lowest BCUT2D eigenvalue weighted by molar-refractivity contribution is 1.19. The van der Waals surface area contributed by atoms with E-state index in [9.17, 15) is 0 Å². The zero-order chi connectivity index (χ0) is 18.5. The highest BCUT2D eigenvalue weighted by Crippen LogP contribution is 2.34. The van der Waals surface area contributed by atoms with E-state index in [0.29, 0.717) is 0 Å². The third kappa shape index (κ3) is 4.56. The van der Waals surface area contributed by atoms with Crippen molar-refractivity contribution in [3.05, 3.63) is 125 Å². The van der Waals surface area contributed by atoms with Gasteiger partial charge in [0.25, 0.3) is 0 Å². The molecule has 0 aliphatic heterocycles. The quantitative estimate of drug-likeness (QED) is 0.351. The predicted molar refractivity (Wildman–Crippen MR) is 122 cm³/mol. The van der Waals surface area contributed by atoms with Gasteiger partial charge >= 0.3 is 0 Å². The zero-order valence-electron chi connectivity index (χ0n) is 14.9. The summed E-state index contributed by atoms with van der Waals surface area (Å²) in [6.07, 6.45) is 0.944. The van der Waals surface area contributed by atoms with Gasteiger partial charge in [0.1, 0.15) is 0 Å². The van der Waals surface area contributed by atoms with Gasteiger partial charge in [0.05, 0.1) is 0 Å². The summed E-state index contributed by atoms with van der Waals surface area (Å²) in [5.41, 5.74) is 2.68. The Balaban J connectivity index is 1.78. The molecule has 0 amide bonds. The van der Waals surface area contributed by atoms with Gasteiger partial charge < -0.3 is 0 Å². The largest absolute Gasteiger partial charge is 0.0622 e. The lowest BCUT2D eigenvalue weighted by Gasteiger charge is -2.20. The van der Waals surface area contributed by atoms with Gasteiger partial charge in [-0.05, 0) is 53.5 Å². The molecule has 0 aliphatic rings. The van der Waals surface area contributed by atoms with E-state index in [4.69, 9.17) is 0 Å². The molecule has 0 aromatic heterocycles. The van der Waals surface area contributed by atoms with Crippen molar-refractivity contribution in [2.24, 2.45) is 0 Å². The maximum absolute atomic E-state index is 3.75. The SMILES string of the molecule is Brc1cc(Cc2ccccc2)cc(P(c2ccccc2)c2ccccc2)c1. The van der Waals surface area contributed by atoms with Crippen LogP contribution in [0.25, 0.3) is 0 Å². The third-order valence-corrected chi connectivity index (χ3v) is 7.34. The van der Waals surface area contributed by atoms with Crippen molar-refractivity contribution >= 4 is 39.8 Å². The van der Waals surface area contributed by atoms with Crippen LogP contribution in [0.3, 0.4) is 0 Å². The second-order valence-corrected chi connectivity index (χ2v) is 9.62. The van der Waals surface area contributed by atoms with Gasteiger partial charge in [-0.25, -0.2) is 0 Å². The normalized spacial score (nSPS) is 10.9. The van der Waals surface area contributed by atoms with E-state index in [-0.39, 0.29) is 0 Å². The van der Waals surface area contributed by atoms with E-state index in [0.717, 1.165) is 10.9 Å². The smallest absolute Gasteiger partial charge is 0.0184 e. The Morgan fingerprint density at radius 3 is 1.59 bits per heavy atom. The van der Waals surface area contributed by atoms with Crippen LogP contribution in [0.4, 0.5) is 0 Å². The topological polar surface area (TPSA) is 0 Å². The minimum Gasteiger partial charge on any atom is -0.0622 e. The molecule has 0 nitrogen and oxygen atoms in total. The molecular formula is C25H20BrP.